The highest BCUT2D eigenvalue weighted by Crippen LogP contribution is 2.28. The van der Waals surface area contributed by atoms with Crippen LogP contribution in [0.1, 0.15) is 47.3 Å². The van der Waals surface area contributed by atoms with E-state index in [2.05, 4.69) is 5.32 Å². The van der Waals surface area contributed by atoms with Crippen LogP contribution in [0.4, 0.5) is 0 Å². The Labute approximate surface area is 193 Å². The van der Waals surface area contributed by atoms with Gasteiger partial charge in [-0.05, 0) is 54.8 Å². The predicted octanol–water partition coefficient (Wildman–Crippen LogP) is 2.64. The first-order valence-electron chi connectivity index (χ1n) is 10.7. The summed E-state index contributed by atoms with van der Waals surface area (Å²) in [6.07, 6.45) is 4.40. The molecule has 0 saturated carbocycles. The number of carbonyl (C=O) groups excluding carboxylic acids is 1. The molecule has 2 aliphatic heterocycles. The van der Waals surface area contributed by atoms with Crippen LogP contribution in [0.5, 0.6) is 0 Å². The second-order valence-electron chi connectivity index (χ2n) is 8.02. The SMILES string of the molecule is O=C(NCc1cccc(S(=O)(=O)N2CCCCC2)c1)c1sccc1S(=O)(=O)N1CCCC1. The number of hydrogen-bond donors (Lipinski definition) is 1. The van der Waals surface area contributed by atoms with Crippen molar-refractivity contribution in [1.82, 2.24) is 13.9 Å². The maximum atomic E-state index is 12.9. The molecule has 1 N–H and O–H groups in total. The zero-order chi connectivity index (χ0) is 22.8. The summed E-state index contributed by atoms with van der Waals surface area (Å²) in [5.41, 5.74) is 0.636. The van der Waals surface area contributed by atoms with Gasteiger partial charge in [-0.2, -0.15) is 8.61 Å². The van der Waals surface area contributed by atoms with E-state index in [4.69, 9.17) is 0 Å². The van der Waals surface area contributed by atoms with Crippen LogP contribution in [-0.4, -0.2) is 57.5 Å². The Balaban J connectivity index is 1.47. The van der Waals surface area contributed by atoms with Crippen molar-refractivity contribution in [3.8, 4) is 0 Å². The van der Waals surface area contributed by atoms with Crippen molar-refractivity contribution >= 4 is 37.3 Å². The summed E-state index contributed by atoms with van der Waals surface area (Å²) >= 11 is 1.08. The van der Waals surface area contributed by atoms with Gasteiger partial charge in [-0.1, -0.05) is 18.6 Å². The van der Waals surface area contributed by atoms with E-state index < -0.39 is 26.0 Å². The molecule has 0 spiro atoms. The molecule has 2 aromatic rings. The van der Waals surface area contributed by atoms with Crippen molar-refractivity contribution in [1.29, 1.82) is 0 Å². The standard InChI is InChI=1S/C21H27N3O5S3/c25-21(20-19(9-14-30-20)32(28,29)24-12-4-5-13-24)22-16-17-7-6-8-18(15-17)31(26,27)23-10-2-1-3-11-23/h6-9,14-15H,1-5,10-13,16H2,(H,22,25). The number of sulfonamides is 2. The number of piperidine rings is 1. The van der Waals surface area contributed by atoms with E-state index in [0.29, 0.717) is 31.7 Å². The number of thiophene rings is 1. The summed E-state index contributed by atoms with van der Waals surface area (Å²) in [6.45, 7) is 2.09. The largest absolute Gasteiger partial charge is 0.347 e. The average molecular weight is 498 g/mol. The molecule has 2 aliphatic rings. The van der Waals surface area contributed by atoms with E-state index in [1.807, 2.05) is 0 Å². The van der Waals surface area contributed by atoms with Gasteiger partial charge in [0, 0.05) is 32.7 Å². The summed E-state index contributed by atoms with van der Waals surface area (Å²) < 4.78 is 54.5. The maximum absolute atomic E-state index is 12.9. The summed E-state index contributed by atoms with van der Waals surface area (Å²) in [6, 6.07) is 8.01. The van der Waals surface area contributed by atoms with Gasteiger partial charge >= 0.3 is 0 Å². The molecule has 2 saturated heterocycles. The average Bonchev–Trinajstić information content (AvgIpc) is 3.51. The van der Waals surface area contributed by atoms with Crippen molar-refractivity contribution in [3.05, 3.63) is 46.2 Å². The first kappa shape index (κ1) is 23.4. The third-order valence-corrected chi connectivity index (χ3v) is 10.7. The Morgan fingerprint density at radius 2 is 1.50 bits per heavy atom. The van der Waals surface area contributed by atoms with Crippen LogP contribution in [0.3, 0.4) is 0 Å². The Bertz CT molecular complexity index is 1180. The van der Waals surface area contributed by atoms with E-state index >= 15 is 0 Å². The van der Waals surface area contributed by atoms with Crippen LogP contribution < -0.4 is 5.32 Å². The number of rotatable bonds is 7. The Hall–Kier alpha value is -1.79. The molecule has 3 heterocycles. The molecule has 0 radical (unpaired) electrons. The van der Waals surface area contributed by atoms with Gasteiger partial charge in [0.15, 0.2) is 0 Å². The normalized spacial score (nSPS) is 18.6. The van der Waals surface area contributed by atoms with Gasteiger partial charge < -0.3 is 5.32 Å². The second-order valence-corrected chi connectivity index (χ2v) is 12.8. The lowest BCUT2D eigenvalue weighted by Gasteiger charge is -2.26. The molecule has 8 nitrogen and oxygen atoms in total. The van der Waals surface area contributed by atoms with E-state index in [0.717, 1.165) is 43.4 Å². The monoisotopic (exact) mass is 497 g/mol. The maximum Gasteiger partial charge on any atom is 0.263 e. The van der Waals surface area contributed by atoms with Crippen molar-refractivity contribution < 1.29 is 21.6 Å². The molecule has 0 unspecified atom stereocenters. The molecular formula is C21H27N3O5S3. The van der Waals surface area contributed by atoms with E-state index in [9.17, 15) is 21.6 Å². The zero-order valence-corrected chi connectivity index (χ0v) is 20.1. The molecule has 1 aromatic heterocycles. The van der Waals surface area contributed by atoms with E-state index in [-0.39, 0.29) is 21.2 Å². The minimum atomic E-state index is -3.69. The number of benzene rings is 1. The minimum Gasteiger partial charge on any atom is -0.347 e. The molecule has 1 aromatic carbocycles. The van der Waals surface area contributed by atoms with Gasteiger partial charge in [0.25, 0.3) is 5.91 Å². The number of amides is 1. The van der Waals surface area contributed by atoms with Crippen LogP contribution in [0, 0.1) is 0 Å². The molecule has 1 amide bonds. The number of carbonyl (C=O) groups is 1. The minimum absolute atomic E-state index is 0.0309. The Morgan fingerprint density at radius 1 is 0.875 bits per heavy atom. The number of nitrogens with zero attached hydrogens (tertiary/aromatic N) is 2. The lowest BCUT2D eigenvalue weighted by atomic mass is 10.2. The first-order chi connectivity index (χ1) is 15.3. The highest BCUT2D eigenvalue weighted by Gasteiger charge is 2.32. The van der Waals surface area contributed by atoms with Crippen LogP contribution >= 0.6 is 11.3 Å². The lowest BCUT2D eigenvalue weighted by molar-refractivity contribution is 0.0952. The van der Waals surface area contributed by atoms with Crippen molar-refractivity contribution in [2.24, 2.45) is 0 Å². The zero-order valence-electron chi connectivity index (χ0n) is 17.7. The Morgan fingerprint density at radius 3 is 2.19 bits per heavy atom. The fourth-order valence-corrected chi connectivity index (χ4v) is 8.49. The molecular weight excluding hydrogens is 470 g/mol. The van der Waals surface area contributed by atoms with E-state index in [1.165, 1.54) is 14.7 Å². The van der Waals surface area contributed by atoms with Gasteiger partial charge in [-0.15, -0.1) is 11.3 Å². The van der Waals surface area contributed by atoms with Gasteiger partial charge in [0.05, 0.1) is 4.90 Å². The molecule has 11 heteroatoms. The fourth-order valence-electron chi connectivity index (χ4n) is 4.07. The van der Waals surface area contributed by atoms with Crippen molar-refractivity contribution in [2.45, 2.75) is 48.4 Å². The van der Waals surface area contributed by atoms with Gasteiger partial charge in [0.2, 0.25) is 20.0 Å². The van der Waals surface area contributed by atoms with Crippen LogP contribution in [0.15, 0.2) is 45.5 Å². The van der Waals surface area contributed by atoms with Crippen molar-refractivity contribution in [3.63, 3.8) is 0 Å². The van der Waals surface area contributed by atoms with Crippen LogP contribution in [0.2, 0.25) is 0 Å². The summed E-state index contributed by atoms with van der Waals surface area (Å²) in [7, 11) is -7.26. The van der Waals surface area contributed by atoms with Crippen LogP contribution in [-0.2, 0) is 26.6 Å². The molecule has 0 aliphatic carbocycles. The third-order valence-electron chi connectivity index (χ3n) is 5.82. The molecule has 2 fully saturated rings. The third kappa shape index (κ3) is 4.76. The molecule has 174 valence electrons. The smallest absolute Gasteiger partial charge is 0.263 e. The number of hydrogen-bond acceptors (Lipinski definition) is 6. The highest BCUT2D eigenvalue weighted by molar-refractivity contribution is 7.89. The lowest BCUT2D eigenvalue weighted by Crippen LogP contribution is -2.35. The van der Waals surface area contributed by atoms with Crippen molar-refractivity contribution in [2.75, 3.05) is 26.2 Å². The van der Waals surface area contributed by atoms with Gasteiger partial charge in [0.1, 0.15) is 9.77 Å². The second kappa shape index (κ2) is 9.60. The van der Waals surface area contributed by atoms with E-state index in [1.54, 1.807) is 29.6 Å². The highest BCUT2D eigenvalue weighted by atomic mass is 32.2. The van der Waals surface area contributed by atoms with Crippen LogP contribution in [0.25, 0.3) is 0 Å². The number of nitrogens with one attached hydrogen (secondary N) is 1. The predicted molar refractivity (Wildman–Crippen MR) is 123 cm³/mol. The quantitative estimate of drug-likeness (QED) is 0.633. The Kier molecular flexibility index (Phi) is 7.01. The van der Waals surface area contributed by atoms with Gasteiger partial charge in [-0.3, -0.25) is 4.79 Å². The topological polar surface area (TPSA) is 104 Å². The first-order valence-corrected chi connectivity index (χ1v) is 14.5. The molecule has 4 rings (SSSR count). The molecule has 0 bridgehead atoms. The van der Waals surface area contributed by atoms with Gasteiger partial charge in [-0.25, -0.2) is 16.8 Å². The summed E-state index contributed by atoms with van der Waals surface area (Å²) in [4.78, 5) is 13.2. The molecule has 0 atom stereocenters. The molecule has 32 heavy (non-hydrogen) atoms. The summed E-state index contributed by atoms with van der Waals surface area (Å²) in [5, 5.41) is 4.34. The summed E-state index contributed by atoms with van der Waals surface area (Å²) in [5.74, 6) is -0.484. The fraction of sp³-hybridized carbons (Fsp3) is 0.476.